The molecule has 2 amide bonds. The lowest BCUT2D eigenvalue weighted by atomic mass is 10.1. The fourth-order valence-corrected chi connectivity index (χ4v) is 3.01. The van der Waals surface area contributed by atoms with Crippen molar-refractivity contribution in [3.8, 4) is 0 Å². The summed E-state index contributed by atoms with van der Waals surface area (Å²) in [5.41, 5.74) is 0.877. The first-order valence-corrected chi connectivity index (χ1v) is 8.66. The number of hydrogen-bond acceptors (Lipinski definition) is 5. The highest BCUT2D eigenvalue weighted by molar-refractivity contribution is 7.10. The monoisotopic (exact) mass is 360 g/mol. The van der Waals surface area contributed by atoms with Crippen LogP contribution in [0.3, 0.4) is 0 Å². The summed E-state index contributed by atoms with van der Waals surface area (Å²) in [5.74, 6) is -1.00. The van der Waals surface area contributed by atoms with Crippen molar-refractivity contribution in [2.45, 2.75) is 18.9 Å². The second-order valence-electron chi connectivity index (χ2n) is 5.35. The minimum Gasteiger partial charge on any atom is -0.469 e. The molecule has 0 aliphatic heterocycles. The van der Waals surface area contributed by atoms with Crippen LogP contribution >= 0.6 is 11.3 Å². The number of rotatable bonds is 8. The number of thiophene rings is 1. The van der Waals surface area contributed by atoms with Crippen molar-refractivity contribution in [1.82, 2.24) is 10.6 Å². The highest BCUT2D eigenvalue weighted by atomic mass is 32.1. The average molecular weight is 360 g/mol. The zero-order chi connectivity index (χ0) is 18.1. The first-order valence-electron chi connectivity index (χ1n) is 7.78. The number of carbonyl (C=O) groups is 3. The normalized spacial score (nSPS) is 11.4. The Hall–Kier alpha value is -2.67. The van der Waals surface area contributed by atoms with Crippen LogP contribution in [0.15, 0.2) is 47.8 Å². The van der Waals surface area contributed by atoms with Gasteiger partial charge in [-0.1, -0.05) is 36.4 Å². The van der Waals surface area contributed by atoms with Gasteiger partial charge in [0.05, 0.1) is 32.5 Å². The van der Waals surface area contributed by atoms with Gasteiger partial charge in [-0.2, -0.15) is 0 Å². The predicted octanol–water partition coefficient (Wildman–Crippen LogP) is 1.83. The Balaban J connectivity index is 1.84. The average Bonchev–Trinajstić information content (AvgIpc) is 3.15. The lowest BCUT2D eigenvalue weighted by Crippen LogP contribution is -2.39. The Labute approximate surface area is 150 Å². The topological polar surface area (TPSA) is 84.5 Å². The molecule has 0 aliphatic rings. The summed E-state index contributed by atoms with van der Waals surface area (Å²) in [6, 6.07) is 12.5. The standard InChI is InChI=1S/C18H20N2O4S/c1-24-18(23)11-14(15-8-5-9-25-15)20-17(22)12-19-16(21)10-13-6-3-2-4-7-13/h2-9,14H,10-12H2,1H3,(H,19,21)(H,20,22). The van der Waals surface area contributed by atoms with Gasteiger partial charge in [0.1, 0.15) is 0 Å². The van der Waals surface area contributed by atoms with E-state index in [-0.39, 0.29) is 31.2 Å². The summed E-state index contributed by atoms with van der Waals surface area (Å²) in [4.78, 5) is 36.4. The van der Waals surface area contributed by atoms with Gasteiger partial charge < -0.3 is 15.4 Å². The summed E-state index contributed by atoms with van der Waals surface area (Å²) in [6.45, 7) is -0.144. The summed E-state index contributed by atoms with van der Waals surface area (Å²) in [6.07, 6.45) is 0.255. The van der Waals surface area contributed by atoms with E-state index in [1.165, 1.54) is 18.4 Å². The van der Waals surface area contributed by atoms with E-state index in [1.807, 2.05) is 47.8 Å². The number of ether oxygens (including phenoxy) is 1. The number of amides is 2. The van der Waals surface area contributed by atoms with Crippen LogP contribution in [0.1, 0.15) is 22.9 Å². The fraction of sp³-hybridized carbons (Fsp3) is 0.278. The van der Waals surface area contributed by atoms with Crippen molar-refractivity contribution < 1.29 is 19.1 Å². The van der Waals surface area contributed by atoms with Crippen molar-refractivity contribution >= 4 is 29.1 Å². The molecular weight excluding hydrogens is 340 g/mol. The number of nitrogens with one attached hydrogen (secondary N) is 2. The third-order valence-electron chi connectivity index (χ3n) is 3.47. The first kappa shape index (κ1) is 18.7. The van der Waals surface area contributed by atoms with E-state index >= 15 is 0 Å². The van der Waals surface area contributed by atoms with Crippen LogP contribution in [-0.4, -0.2) is 31.4 Å². The molecule has 2 N–H and O–H groups in total. The van der Waals surface area contributed by atoms with Gasteiger partial charge in [-0.3, -0.25) is 14.4 Å². The summed E-state index contributed by atoms with van der Waals surface area (Å²) >= 11 is 1.44. The Morgan fingerprint density at radius 2 is 1.84 bits per heavy atom. The Bertz CT molecular complexity index is 701. The molecule has 0 aliphatic carbocycles. The van der Waals surface area contributed by atoms with Crippen molar-refractivity contribution in [2.24, 2.45) is 0 Å². The van der Waals surface area contributed by atoms with Gasteiger partial charge in [0, 0.05) is 4.88 Å². The van der Waals surface area contributed by atoms with Gasteiger partial charge in [-0.15, -0.1) is 11.3 Å². The fourth-order valence-electron chi connectivity index (χ4n) is 2.23. The van der Waals surface area contributed by atoms with Crippen LogP contribution in [-0.2, 0) is 25.5 Å². The maximum absolute atomic E-state index is 12.1. The molecule has 1 unspecified atom stereocenters. The zero-order valence-corrected chi connectivity index (χ0v) is 14.7. The van der Waals surface area contributed by atoms with E-state index in [0.717, 1.165) is 10.4 Å². The van der Waals surface area contributed by atoms with Crippen LogP contribution in [0.25, 0.3) is 0 Å². The van der Waals surface area contributed by atoms with Crippen molar-refractivity contribution in [3.05, 3.63) is 58.3 Å². The van der Waals surface area contributed by atoms with Crippen LogP contribution in [0, 0.1) is 0 Å². The summed E-state index contributed by atoms with van der Waals surface area (Å²) in [7, 11) is 1.31. The molecule has 0 saturated heterocycles. The molecule has 1 aromatic heterocycles. The second-order valence-corrected chi connectivity index (χ2v) is 6.33. The molecule has 25 heavy (non-hydrogen) atoms. The third-order valence-corrected chi connectivity index (χ3v) is 4.46. The van der Waals surface area contributed by atoms with Gasteiger partial charge >= 0.3 is 5.97 Å². The molecule has 1 atom stereocenters. The van der Waals surface area contributed by atoms with Crippen LogP contribution in [0.5, 0.6) is 0 Å². The quantitative estimate of drug-likeness (QED) is 0.704. The maximum Gasteiger partial charge on any atom is 0.307 e. The predicted molar refractivity (Wildman–Crippen MR) is 95.0 cm³/mol. The van der Waals surface area contributed by atoms with Gasteiger partial charge in [-0.25, -0.2) is 0 Å². The summed E-state index contributed by atoms with van der Waals surface area (Å²) < 4.78 is 4.67. The third kappa shape index (κ3) is 6.39. The maximum atomic E-state index is 12.1. The van der Waals surface area contributed by atoms with E-state index in [0.29, 0.717) is 0 Å². The molecule has 0 bridgehead atoms. The van der Waals surface area contributed by atoms with E-state index in [2.05, 4.69) is 15.4 Å². The Morgan fingerprint density at radius 1 is 1.08 bits per heavy atom. The van der Waals surface area contributed by atoms with Gasteiger partial charge in [0.2, 0.25) is 11.8 Å². The smallest absolute Gasteiger partial charge is 0.307 e. The minimum atomic E-state index is -0.467. The molecule has 0 saturated carbocycles. The highest BCUT2D eigenvalue weighted by Crippen LogP contribution is 2.22. The molecule has 7 heteroatoms. The molecule has 2 aromatic rings. The van der Waals surface area contributed by atoms with Crippen LogP contribution in [0.4, 0.5) is 0 Å². The lowest BCUT2D eigenvalue weighted by Gasteiger charge is -2.16. The van der Waals surface area contributed by atoms with Crippen molar-refractivity contribution in [3.63, 3.8) is 0 Å². The van der Waals surface area contributed by atoms with Gasteiger partial charge in [0.15, 0.2) is 0 Å². The van der Waals surface area contributed by atoms with E-state index in [4.69, 9.17) is 0 Å². The van der Waals surface area contributed by atoms with Crippen LogP contribution < -0.4 is 10.6 Å². The number of methoxy groups -OCH3 is 1. The first-order chi connectivity index (χ1) is 12.1. The molecule has 132 valence electrons. The van der Waals surface area contributed by atoms with Gasteiger partial charge in [-0.05, 0) is 17.0 Å². The molecular formula is C18H20N2O4S. The minimum absolute atomic E-state index is 0.0424. The molecule has 1 aromatic carbocycles. The van der Waals surface area contributed by atoms with E-state index in [9.17, 15) is 14.4 Å². The highest BCUT2D eigenvalue weighted by Gasteiger charge is 2.20. The largest absolute Gasteiger partial charge is 0.469 e. The number of benzene rings is 1. The van der Waals surface area contributed by atoms with Crippen molar-refractivity contribution in [1.29, 1.82) is 0 Å². The molecule has 1 heterocycles. The molecule has 0 radical (unpaired) electrons. The van der Waals surface area contributed by atoms with Crippen molar-refractivity contribution in [2.75, 3.05) is 13.7 Å². The molecule has 2 rings (SSSR count). The van der Waals surface area contributed by atoms with Crippen LogP contribution in [0.2, 0.25) is 0 Å². The number of hydrogen-bond donors (Lipinski definition) is 2. The summed E-state index contributed by atoms with van der Waals surface area (Å²) in [5, 5.41) is 7.21. The molecule has 0 fully saturated rings. The zero-order valence-electron chi connectivity index (χ0n) is 13.9. The molecule has 0 spiro atoms. The lowest BCUT2D eigenvalue weighted by molar-refractivity contribution is -0.141. The van der Waals surface area contributed by atoms with E-state index < -0.39 is 12.0 Å². The van der Waals surface area contributed by atoms with E-state index in [1.54, 1.807) is 0 Å². The van der Waals surface area contributed by atoms with Gasteiger partial charge in [0.25, 0.3) is 0 Å². The Morgan fingerprint density at radius 3 is 2.48 bits per heavy atom. The SMILES string of the molecule is COC(=O)CC(NC(=O)CNC(=O)Cc1ccccc1)c1cccs1. The molecule has 6 nitrogen and oxygen atoms in total. The Kier molecular flexibility index (Phi) is 7.16. The number of carbonyl (C=O) groups excluding carboxylic acids is 3. The second kappa shape index (κ2) is 9.58. The number of esters is 1.